The highest BCUT2D eigenvalue weighted by atomic mass is 32.1. The molecule has 1 aliphatic heterocycles. The Morgan fingerprint density at radius 1 is 0.419 bits per heavy atom. The number of hydrogen-bond donors (Lipinski definition) is 1. The topological polar surface area (TPSA) is 37.3 Å². The highest BCUT2D eigenvalue weighted by Crippen LogP contribution is 2.58. The molecule has 0 unspecified atom stereocenters. The molecule has 0 aliphatic carbocycles. The van der Waals surface area contributed by atoms with Crippen molar-refractivity contribution in [3.63, 3.8) is 0 Å². The van der Waals surface area contributed by atoms with Crippen LogP contribution in [0.5, 0.6) is 0 Å². The molecule has 0 amide bonds. The van der Waals surface area contributed by atoms with E-state index in [4.69, 9.17) is 0 Å². The molecule has 0 fully saturated rings. The number of rotatable bonds is 6. The molecule has 9 rings (SSSR count). The summed E-state index contributed by atoms with van der Waals surface area (Å²) in [6.45, 7) is 0. The molecule has 43 heavy (non-hydrogen) atoms. The Hall–Kier alpha value is -2.21. The Bertz CT molecular complexity index is 2140. The summed E-state index contributed by atoms with van der Waals surface area (Å²) in [5, 5.41) is 4.22. The average Bonchev–Trinajstić information content (AvgIpc) is 3.84. The van der Waals surface area contributed by atoms with E-state index in [0.29, 0.717) is 9.24 Å². The minimum atomic E-state index is -3.62. The van der Waals surface area contributed by atoms with Crippen molar-refractivity contribution in [2.24, 2.45) is 0 Å². The quantitative estimate of drug-likeness (QED) is 0.174. The van der Waals surface area contributed by atoms with Crippen molar-refractivity contribution in [3.05, 3.63) is 95.7 Å². The van der Waals surface area contributed by atoms with Gasteiger partial charge in [0.2, 0.25) is 0 Å². The maximum atomic E-state index is 13.8. The van der Waals surface area contributed by atoms with Gasteiger partial charge in [0.15, 0.2) is 0 Å². The van der Waals surface area contributed by atoms with Crippen LogP contribution in [0.3, 0.4) is 0 Å². The molecule has 0 spiro atoms. The highest BCUT2D eigenvalue weighted by molar-refractivity contribution is 7.84. The molecule has 0 radical (unpaired) electrons. The van der Waals surface area contributed by atoms with E-state index < -0.39 is 7.37 Å². The molecular formula is C32H17O2PS8. The maximum Gasteiger partial charge on any atom is 0.279 e. The first kappa shape index (κ1) is 27.1. The van der Waals surface area contributed by atoms with Gasteiger partial charge in [-0.2, -0.15) is 0 Å². The zero-order chi connectivity index (χ0) is 28.7. The molecular weight excluding hydrogens is 704 g/mol. The van der Waals surface area contributed by atoms with E-state index in [1.807, 2.05) is 22.7 Å². The Kier molecular flexibility index (Phi) is 6.58. The monoisotopic (exact) mass is 720 g/mol. The maximum absolute atomic E-state index is 13.8. The number of hydrogen-bond acceptors (Lipinski definition) is 9. The van der Waals surface area contributed by atoms with Crippen LogP contribution in [0.1, 0.15) is 0 Å². The zero-order valence-corrected chi connectivity index (χ0v) is 29.2. The molecule has 1 N–H and O–H groups in total. The summed E-state index contributed by atoms with van der Waals surface area (Å²) in [6.07, 6.45) is 0. The molecule has 11 heteroatoms. The van der Waals surface area contributed by atoms with Crippen LogP contribution in [0.15, 0.2) is 95.7 Å². The number of thiophene rings is 8. The van der Waals surface area contributed by atoms with Gasteiger partial charge in [-0.1, -0.05) is 12.1 Å². The molecule has 2 nitrogen and oxygen atoms in total. The second-order valence-electron chi connectivity index (χ2n) is 9.85. The van der Waals surface area contributed by atoms with Gasteiger partial charge < -0.3 is 4.89 Å². The van der Waals surface area contributed by atoms with Crippen molar-refractivity contribution in [1.29, 1.82) is 0 Å². The molecule has 210 valence electrons. The lowest BCUT2D eigenvalue weighted by atomic mass is 10.1. The largest absolute Gasteiger partial charge is 0.337 e. The van der Waals surface area contributed by atoms with Crippen molar-refractivity contribution < 1.29 is 9.46 Å². The van der Waals surface area contributed by atoms with Crippen molar-refractivity contribution in [3.8, 4) is 69.7 Å². The summed E-state index contributed by atoms with van der Waals surface area (Å²) in [5.74, 6) is 0. The highest BCUT2D eigenvalue weighted by Gasteiger charge is 2.42. The van der Waals surface area contributed by atoms with Gasteiger partial charge in [0.1, 0.15) is 9.24 Å². The Morgan fingerprint density at radius 3 is 1.07 bits per heavy atom. The van der Waals surface area contributed by atoms with Gasteiger partial charge in [0, 0.05) is 69.7 Å². The van der Waals surface area contributed by atoms with Gasteiger partial charge >= 0.3 is 0 Å². The van der Waals surface area contributed by atoms with Crippen molar-refractivity contribution in [1.82, 2.24) is 0 Å². The van der Waals surface area contributed by atoms with Crippen LogP contribution in [0, 0.1) is 0 Å². The van der Waals surface area contributed by atoms with Crippen LogP contribution in [-0.4, -0.2) is 4.89 Å². The molecule has 0 saturated carbocycles. The Balaban J connectivity index is 1.02. The van der Waals surface area contributed by atoms with E-state index in [0.717, 1.165) is 30.6 Å². The first-order valence-corrected chi connectivity index (χ1v) is 21.4. The predicted molar refractivity (Wildman–Crippen MR) is 197 cm³/mol. The molecule has 9 heterocycles. The molecule has 8 aromatic rings. The van der Waals surface area contributed by atoms with E-state index in [9.17, 15) is 9.46 Å². The van der Waals surface area contributed by atoms with Crippen LogP contribution < -0.4 is 9.24 Å². The third-order valence-corrected chi connectivity index (χ3v) is 19.9. The fourth-order valence-corrected chi connectivity index (χ4v) is 16.6. The van der Waals surface area contributed by atoms with Crippen LogP contribution >= 0.6 is 98.1 Å². The molecule has 8 aromatic heterocycles. The number of fused-ring (bicyclic) bond motifs is 3. The normalized spacial score (nSPS) is 13.5. The Labute approximate surface area is 279 Å². The van der Waals surface area contributed by atoms with Crippen LogP contribution in [0.4, 0.5) is 0 Å². The van der Waals surface area contributed by atoms with E-state index in [2.05, 4.69) is 95.7 Å². The lowest BCUT2D eigenvalue weighted by Gasteiger charge is -2.02. The van der Waals surface area contributed by atoms with Gasteiger partial charge in [-0.15, -0.1) is 90.7 Å². The predicted octanol–water partition coefficient (Wildman–Crippen LogP) is 12.4. The lowest BCUT2D eigenvalue weighted by Crippen LogP contribution is -2.02. The van der Waals surface area contributed by atoms with Gasteiger partial charge in [0.05, 0.1) is 0 Å². The van der Waals surface area contributed by atoms with E-state index in [-0.39, 0.29) is 0 Å². The van der Waals surface area contributed by atoms with Gasteiger partial charge in [0.25, 0.3) is 7.37 Å². The third kappa shape index (κ3) is 4.55. The smallest absolute Gasteiger partial charge is 0.279 e. The standard InChI is InChI=1S/C32H17O2PS8/c33-35(34)31-17(15-29(42-31)27-11-9-25(40-27)23-7-5-21(38-23)19-3-1-13-36-19)18-16-30(43-32(18)35)28-12-10-26(41-28)24-8-6-22(39-24)20-4-2-14-37-20/h1-16H,(H,33,34). The first-order valence-electron chi connectivity index (χ1n) is 13.1. The van der Waals surface area contributed by atoms with Crippen molar-refractivity contribution in [2.75, 3.05) is 0 Å². The second-order valence-corrected chi connectivity index (χ2v) is 20.8. The average molecular weight is 721 g/mol. The van der Waals surface area contributed by atoms with Crippen LogP contribution in [0.25, 0.3) is 69.7 Å². The molecule has 0 atom stereocenters. The summed E-state index contributed by atoms with van der Waals surface area (Å²) >= 11 is 13.6. The lowest BCUT2D eigenvalue weighted by molar-refractivity contribution is 0.503. The minimum Gasteiger partial charge on any atom is -0.337 e. The SMILES string of the molecule is O=P1(O)c2sc(-c3ccc(-c4ccc(-c5cccs5)s4)s3)cc2-c2cc(-c3ccc(-c4ccc(-c5cccs5)s4)s3)sc21. The summed E-state index contributed by atoms with van der Waals surface area (Å²) in [4.78, 5) is 25.9. The minimum absolute atomic E-state index is 0.618. The molecule has 0 bridgehead atoms. The van der Waals surface area contributed by atoms with Gasteiger partial charge in [-0.3, -0.25) is 4.57 Å². The van der Waals surface area contributed by atoms with E-state index in [1.54, 1.807) is 45.3 Å². The van der Waals surface area contributed by atoms with E-state index >= 15 is 0 Å². The van der Waals surface area contributed by atoms with E-state index in [1.165, 1.54) is 61.7 Å². The van der Waals surface area contributed by atoms with Crippen LogP contribution in [0.2, 0.25) is 0 Å². The van der Waals surface area contributed by atoms with Gasteiger partial charge in [-0.05, 0) is 83.6 Å². The molecule has 1 aliphatic rings. The fraction of sp³-hybridized carbons (Fsp3) is 0. The second kappa shape index (κ2) is 10.4. The third-order valence-electron chi connectivity index (χ3n) is 7.19. The summed E-state index contributed by atoms with van der Waals surface area (Å²) in [7, 11) is -3.62. The van der Waals surface area contributed by atoms with Crippen molar-refractivity contribution >= 4 is 107 Å². The fourth-order valence-electron chi connectivity index (χ4n) is 5.18. The van der Waals surface area contributed by atoms with Crippen molar-refractivity contribution in [2.45, 2.75) is 0 Å². The van der Waals surface area contributed by atoms with Gasteiger partial charge in [-0.25, -0.2) is 0 Å². The summed E-state index contributed by atoms with van der Waals surface area (Å²) in [5.41, 5.74) is 1.84. The zero-order valence-electron chi connectivity index (χ0n) is 21.8. The molecule has 0 saturated heterocycles. The summed E-state index contributed by atoms with van der Waals surface area (Å²) in [6, 6.07) is 30.2. The first-order chi connectivity index (χ1) is 21.0. The summed E-state index contributed by atoms with van der Waals surface area (Å²) < 4.78 is 15.1. The Morgan fingerprint density at radius 2 is 0.744 bits per heavy atom. The molecule has 0 aromatic carbocycles. The van der Waals surface area contributed by atoms with Crippen LogP contribution in [-0.2, 0) is 4.57 Å².